The maximum absolute atomic E-state index is 13.6. The summed E-state index contributed by atoms with van der Waals surface area (Å²) >= 11 is 0. The van der Waals surface area contributed by atoms with Crippen molar-refractivity contribution >= 4 is 6.03 Å². The van der Waals surface area contributed by atoms with Crippen molar-refractivity contribution in [1.29, 1.82) is 0 Å². The van der Waals surface area contributed by atoms with Crippen LogP contribution in [0.1, 0.15) is 22.4 Å². The third-order valence-electron chi connectivity index (χ3n) is 6.43. The molecule has 188 valence electrons. The van der Waals surface area contributed by atoms with Gasteiger partial charge >= 0.3 is 6.03 Å². The average Bonchev–Trinajstić information content (AvgIpc) is 3.41. The Balaban J connectivity index is 1.50. The largest absolute Gasteiger partial charge is 0.387 e. The predicted molar refractivity (Wildman–Crippen MR) is 132 cm³/mol. The third-order valence-corrected chi connectivity index (χ3v) is 6.43. The van der Waals surface area contributed by atoms with Gasteiger partial charge in [0.15, 0.2) is 5.60 Å². The van der Waals surface area contributed by atoms with Gasteiger partial charge < -0.3 is 15.1 Å². The number of β-amino-alcohol motifs (C(OH)–C–C–N with tert-alkyl or cyclic N) is 1. The number of benzene rings is 3. The summed E-state index contributed by atoms with van der Waals surface area (Å²) < 4.78 is 27.3. The molecule has 2 heterocycles. The van der Waals surface area contributed by atoms with Gasteiger partial charge in [-0.15, -0.1) is 5.10 Å². The van der Waals surface area contributed by atoms with Crippen LogP contribution >= 0.6 is 0 Å². The first-order chi connectivity index (χ1) is 17.8. The van der Waals surface area contributed by atoms with Crippen molar-refractivity contribution in [1.82, 2.24) is 19.9 Å². The summed E-state index contributed by atoms with van der Waals surface area (Å²) in [6.45, 7) is 0.0455. The Labute approximate surface area is 211 Å². The zero-order chi connectivity index (χ0) is 26.0. The maximum Gasteiger partial charge on any atom is 0.362 e. The van der Waals surface area contributed by atoms with E-state index in [0.29, 0.717) is 6.42 Å². The van der Waals surface area contributed by atoms with Gasteiger partial charge in [0.2, 0.25) is 0 Å². The molecule has 0 fully saturated rings. The number of rotatable bonds is 5. The Morgan fingerprint density at radius 3 is 2.11 bits per heavy atom. The Kier molecular flexibility index (Phi) is 6.64. The minimum absolute atomic E-state index is 0.00762. The molecule has 7 nitrogen and oxygen atoms in total. The molecule has 0 radical (unpaired) electrons. The van der Waals surface area contributed by atoms with Crippen LogP contribution in [-0.2, 0) is 12.0 Å². The number of amides is 1. The van der Waals surface area contributed by atoms with E-state index in [1.54, 1.807) is 12.2 Å². The van der Waals surface area contributed by atoms with E-state index in [4.69, 9.17) is 0 Å². The molecule has 3 aromatic carbocycles. The van der Waals surface area contributed by atoms with Crippen molar-refractivity contribution in [3.63, 3.8) is 0 Å². The number of hydrogen-bond acceptors (Lipinski definition) is 5. The summed E-state index contributed by atoms with van der Waals surface area (Å²) in [5.74, 6) is -0.990. The van der Waals surface area contributed by atoms with Crippen LogP contribution in [0, 0.1) is 11.6 Å². The van der Waals surface area contributed by atoms with Gasteiger partial charge in [-0.3, -0.25) is 0 Å². The second kappa shape index (κ2) is 10.0. The molecule has 0 unspecified atom stereocenters. The Morgan fingerprint density at radius 2 is 1.51 bits per heavy atom. The van der Waals surface area contributed by atoms with Crippen LogP contribution in [0.4, 0.5) is 13.6 Å². The first-order valence-corrected chi connectivity index (χ1v) is 11.7. The fourth-order valence-corrected chi connectivity index (χ4v) is 4.49. The standard InChI is InChI=1S/C28H24F2N4O3/c29-22-10-6-20(7-11-22)28(37,21-8-12-23(30)13-9-21)26-17-31-34(32-26)27(36)33-18-25(35)15-14-24(33)16-19-4-2-1-3-5-19/h1-15,17,24-25,35,37H,16,18H2/t24-,25+/m1/s1. The van der Waals surface area contributed by atoms with Gasteiger partial charge in [-0.1, -0.05) is 71.5 Å². The molecule has 0 bridgehead atoms. The van der Waals surface area contributed by atoms with Gasteiger partial charge in [0.05, 0.1) is 24.9 Å². The van der Waals surface area contributed by atoms with Gasteiger partial charge in [0, 0.05) is 0 Å². The SMILES string of the molecule is O=C(N1C[C@@H](O)C=C[C@@H]1Cc1ccccc1)n1ncc(C(O)(c2ccc(F)cc2)c2ccc(F)cc2)n1. The number of aromatic nitrogens is 3. The van der Waals surface area contributed by atoms with Crippen LogP contribution in [0.3, 0.4) is 0 Å². The zero-order valence-electron chi connectivity index (χ0n) is 19.7. The van der Waals surface area contributed by atoms with Crippen molar-refractivity contribution in [3.8, 4) is 0 Å². The Morgan fingerprint density at radius 1 is 0.919 bits per heavy atom. The molecule has 1 aromatic heterocycles. The van der Waals surface area contributed by atoms with Crippen LogP contribution in [0.15, 0.2) is 97.2 Å². The monoisotopic (exact) mass is 502 g/mol. The Hall–Kier alpha value is -4.21. The summed E-state index contributed by atoms with van der Waals surface area (Å²) in [5.41, 5.74) is -0.407. The number of aliphatic hydroxyl groups excluding tert-OH is 1. The highest BCUT2D eigenvalue weighted by atomic mass is 19.1. The molecule has 1 aliphatic heterocycles. The molecule has 4 aromatic rings. The molecular weight excluding hydrogens is 478 g/mol. The molecule has 1 aliphatic rings. The number of carbonyl (C=O) groups is 1. The van der Waals surface area contributed by atoms with Gasteiger partial charge in [-0.25, -0.2) is 13.6 Å². The molecule has 2 N–H and O–H groups in total. The van der Waals surface area contributed by atoms with Crippen molar-refractivity contribution < 1.29 is 23.8 Å². The van der Waals surface area contributed by atoms with E-state index in [-0.39, 0.29) is 29.4 Å². The molecule has 37 heavy (non-hydrogen) atoms. The summed E-state index contributed by atoms with van der Waals surface area (Å²) in [4.78, 5) is 15.8. The van der Waals surface area contributed by atoms with Crippen molar-refractivity contribution in [2.24, 2.45) is 0 Å². The van der Waals surface area contributed by atoms with Gasteiger partial charge in [-0.2, -0.15) is 5.10 Å². The van der Waals surface area contributed by atoms with Gasteiger partial charge in [-0.05, 0) is 47.4 Å². The molecule has 0 spiro atoms. The fraction of sp³-hybridized carbons (Fsp3) is 0.179. The molecule has 9 heteroatoms. The minimum Gasteiger partial charge on any atom is -0.387 e. The second-order valence-corrected chi connectivity index (χ2v) is 8.89. The van der Waals surface area contributed by atoms with E-state index < -0.39 is 29.4 Å². The predicted octanol–water partition coefficient (Wildman–Crippen LogP) is 3.65. The lowest BCUT2D eigenvalue weighted by atomic mass is 9.84. The van der Waals surface area contributed by atoms with Crippen LogP contribution in [0.25, 0.3) is 0 Å². The average molecular weight is 503 g/mol. The van der Waals surface area contributed by atoms with Crippen LogP contribution in [0.5, 0.6) is 0 Å². The number of nitrogens with zero attached hydrogens (tertiary/aromatic N) is 4. The molecule has 0 saturated carbocycles. The third kappa shape index (κ3) is 4.91. The van der Waals surface area contributed by atoms with Crippen molar-refractivity contribution in [3.05, 3.63) is 131 Å². The smallest absolute Gasteiger partial charge is 0.362 e. The topological polar surface area (TPSA) is 91.5 Å². The molecule has 1 amide bonds. The Bertz CT molecular complexity index is 1360. The molecule has 5 rings (SSSR count). The summed E-state index contributed by atoms with van der Waals surface area (Å²) in [6, 6.07) is 19.0. The van der Waals surface area contributed by atoms with Crippen molar-refractivity contribution in [2.45, 2.75) is 24.2 Å². The molecular formula is C28H24F2N4O3. The highest BCUT2D eigenvalue weighted by molar-refractivity contribution is 5.76. The molecule has 0 aliphatic carbocycles. The van der Waals surface area contributed by atoms with Gasteiger partial charge in [0.1, 0.15) is 17.3 Å². The first-order valence-electron chi connectivity index (χ1n) is 11.7. The summed E-state index contributed by atoms with van der Waals surface area (Å²) in [6.07, 6.45) is 4.35. The number of hydrogen-bond donors (Lipinski definition) is 2. The normalized spacial score (nSPS) is 17.7. The second-order valence-electron chi connectivity index (χ2n) is 8.89. The van der Waals surface area contributed by atoms with Crippen LogP contribution in [-0.4, -0.2) is 54.8 Å². The lowest BCUT2D eigenvalue weighted by Gasteiger charge is -2.33. The summed E-state index contributed by atoms with van der Waals surface area (Å²) in [5, 5.41) is 30.5. The highest BCUT2D eigenvalue weighted by Gasteiger charge is 2.38. The number of halogens is 2. The van der Waals surface area contributed by atoms with E-state index in [1.807, 2.05) is 30.3 Å². The van der Waals surface area contributed by atoms with E-state index in [9.17, 15) is 23.8 Å². The lowest BCUT2D eigenvalue weighted by molar-refractivity contribution is 0.115. The fourth-order valence-electron chi connectivity index (χ4n) is 4.49. The van der Waals surface area contributed by atoms with Gasteiger partial charge in [0.25, 0.3) is 0 Å². The zero-order valence-corrected chi connectivity index (χ0v) is 19.7. The first kappa shape index (κ1) is 24.5. The lowest BCUT2D eigenvalue weighted by Crippen LogP contribution is -2.49. The van der Waals surface area contributed by atoms with E-state index in [0.717, 1.165) is 10.4 Å². The van der Waals surface area contributed by atoms with E-state index in [2.05, 4.69) is 10.2 Å². The minimum atomic E-state index is -1.94. The molecule has 2 atom stereocenters. The van der Waals surface area contributed by atoms with Crippen LogP contribution in [0.2, 0.25) is 0 Å². The van der Waals surface area contributed by atoms with Crippen LogP contribution < -0.4 is 0 Å². The number of carbonyl (C=O) groups excluding carboxylic acids is 1. The highest BCUT2D eigenvalue weighted by Crippen LogP contribution is 2.35. The maximum atomic E-state index is 13.6. The van der Waals surface area contributed by atoms with E-state index >= 15 is 0 Å². The van der Waals surface area contributed by atoms with E-state index in [1.165, 1.54) is 59.6 Å². The quantitative estimate of drug-likeness (QED) is 0.407. The van der Waals surface area contributed by atoms with Crippen molar-refractivity contribution in [2.75, 3.05) is 6.54 Å². The number of aliphatic hydroxyl groups is 2. The summed E-state index contributed by atoms with van der Waals surface area (Å²) in [7, 11) is 0. The molecule has 0 saturated heterocycles.